The molecule has 0 bridgehead atoms. The van der Waals surface area contributed by atoms with Crippen molar-refractivity contribution in [2.24, 2.45) is 5.73 Å². The fourth-order valence-corrected chi connectivity index (χ4v) is 2.90. The Kier molecular flexibility index (Phi) is 3.90. The summed E-state index contributed by atoms with van der Waals surface area (Å²) in [6.45, 7) is 1.53. The van der Waals surface area contributed by atoms with Gasteiger partial charge in [0.2, 0.25) is 5.91 Å². The first-order valence-corrected chi connectivity index (χ1v) is 7.11. The van der Waals surface area contributed by atoms with Crippen LogP contribution in [0.25, 0.3) is 0 Å². The molecule has 1 atom stereocenters. The van der Waals surface area contributed by atoms with Gasteiger partial charge < -0.3 is 10.5 Å². The second-order valence-electron chi connectivity index (χ2n) is 5.31. The summed E-state index contributed by atoms with van der Waals surface area (Å²) in [4.78, 5) is 29.7. The molecule has 2 amide bonds. The number of benzene rings is 1. The zero-order valence-corrected chi connectivity index (χ0v) is 11.7. The van der Waals surface area contributed by atoms with Crippen LogP contribution in [-0.4, -0.2) is 42.7 Å². The van der Waals surface area contributed by atoms with E-state index in [9.17, 15) is 9.59 Å². The molecule has 0 unspecified atom stereocenters. The van der Waals surface area contributed by atoms with Gasteiger partial charge in [0, 0.05) is 18.8 Å². The predicted molar refractivity (Wildman–Crippen MR) is 74.3 cm³/mol. The van der Waals surface area contributed by atoms with Gasteiger partial charge in [-0.1, -0.05) is 18.2 Å². The lowest BCUT2D eigenvalue weighted by atomic mass is 9.93. The third-order valence-electron chi connectivity index (χ3n) is 4.02. The van der Waals surface area contributed by atoms with Gasteiger partial charge in [-0.05, 0) is 24.5 Å². The second-order valence-corrected chi connectivity index (χ2v) is 5.31. The van der Waals surface area contributed by atoms with Crippen molar-refractivity contribution < 1.29 is 19.2 Å². The molecule has 0 spiro atoms. The summed E-state index contributed by atoms with van der Waals surface area (Å²) in [7, 11) is 0. The van der Waals surface area contributed by atoms with E-state index in [0.29, 0.717) is 24.3 Å². The van der Waals surface area contributed by atoms with Crippen LogP contribution < -0.4 is 5.73 Å². The molecule has 2 N–H and O–H groups in total. The van der Waals surface area contributed by atoms with Crippen LogP contribution in [-0.2, 0) is 14.4 Å². The molecule has 2 saturated heterocycles. The first-order chi connectivity index (χ1) is 10.2. The monoisotopic (exact) mass is 290 g/mol. The lowest BCUT2D eigenvalue weighted by Crippen LogP contribution is -2.40. The molecule has 1 aromatic rings. The van der Waals surface area contributed by atoms with Gasteiger partial charge in [0.15, 0.2) is 0 Å². The molecule has 6 nitrogen and oxygen atoms in total. The molecule has 6 heteroatoms. The third kappa shape index (κ3) is 2.64. The maximum absolute atomic E-state index is 12.6. The van der Waals surface area contributed by atoms with E-state index in [-0.39, 0.29) is 18.6 Å². The van der Waals surface area contributed by atoms with Crippen molar-refractivity contribution in [2.45, 2.75) is 24.8 Å². The lowest BCUT2D eigenvalue weighted by molar-refractivity contribution is -0.181. The summed E-state index contributed by atoms with van der Waals surface area (Å²) >= 11 is 0. The van der Waals surface area contributed by atoms with E-state index in [2.05, 4.69) is 0 Å². The van der Waals surface area contributed by atoms with Crippen molar-refractivity contribution in [1.82, 2.24) is 5.06 Å². The van der Waals surface area contributed by atoms with E-state index in [1.807, 2.05) is 0 Å². The number of rotatable bonds is 3. The molecule has 112 valence electrons. The fourth-order valence-electron chi connectivity index (χ4n) is 2.90. The average Bonchev–Trinajstić information content (AvgIpc) is 2.89. The molecule has 0 aliphatic carbocycles. The highest BCUT2D eigenvalue weighted by atomic mass is 16.7. The van der Waals surface area contributed by atoms with E-state index >= 15 is 0 Å². The molecule has 0 saturated carbocycles. The molecule has 2 aliphatic rings. The molecular weight excluding hydrogens is 272 g/mol. The summed E-state index contributed by atoms with van der Waals surface area (Å²) in [5.74, 6) is -1.09. The standard InChI is InChI=1S/C15H18N2O4/c16-14(18)12-4-2-1-3-11(12)13-9-21-17(15(13)19)10-5-7-20-8-6-10/h1-4,10,13H,5-9H2,(H2,16,18)/t13-/m0/s1. The van der Waals surface area contributed by atoms with E-state index < -0.39 is 11.8 Å². The molecule has 21 heavy (non-hydrogen) atoms. The van der Waals surface area contributed by atoms with Crippen LogP contribution in [0.3, 0.4) is 0 Å². The Hall–Kier alpha value is -1.92. The number of carbonyl (C=O) groups is 2. The fraction of sp³-hybridized carbons (Fsp3) is 0.467. The minimum Gasteiger partial charge on any atom is -0.381 e. The van der Waals surface area contributed by atoms with Crippen molar-refractivity contribution in [1.29, 1.82) is 0 Å². The highest BCUT2D eigenvalue weighted by Crippen LogP contribution is 2.31. The summed E-state index contributed by atoms with van der Waals surface area (Å²) in [6, 6.07) is 6.99. The number of carbonyl (C=O) groups excluding carboxylic acids is 2. The number of nitrogens with zero attached hydrogens (tertiary/aromatic N) is 1. The molecule has 2 fully saturated rings. The summed E-state index contributed by atoms with van der Waals surface area (Å²) in [5.41, 5.74) is 6.41. The topological polar surface area (TPSA) is 81.9 Å². The number of hydrogen-bond donors (Lipinski definition) is 1. The quantitative estimate of drug-likeness (QED) is 0.893. The molecule has 0 radical (unpaired) electrons. The van der Waals surface area contributed by atoms with E-state index in [4.69, 9.17) is 15.3 Å². The molecule has 1 aromatic carbocycles. The Morgan fingerprint density at radius 1 is 1.24 bits per heavy atom. The Labute approximate surface area is 122 Å². The maximum Gasteiger partial charge on any atom is 0.256 e. The number of primary amides is 1. The van der Waals surface area contributed by atoms with Crippen molar-refractivity contribution in [3.8, 4) is 0 Å². The van der Waals surface area contributed by atoms with Gasteiger partial charge in [0.05, 0.1) is 18.6 Å². The first kappa shape index (κ1) is 14.0. The number of ether oxygens (including phenoxy) is 1. The van der Waals surface area contributed by atoms with Gasteiger partial charge in [-0.15, -0.1) is 0 Å². The molecule has 2 heterocycles. The summed E-state index contributed by atoms with van der Waals surface area (Å²) in [6.07, 6.45) is 1.55. The van der Waals surface area contributed by atoms with Crippen LogP contribution in [0.5, 0.6) is 0 Å². The minimum atomic E-state index is -0.525. The van der Waals surface area contributed by atoms with Crippen LogP contribution in [0.15, 0.2) is 24.3 Å². The zero-order valence-electron chi connectivity index (χ0n) is 11.7. The van der Waals surface area contributed by atoms with Gasteiger partial charge in [0.1, 0.15) is 0 Å². The van der Waals surface area contributed by atoms with Crippen molar-refractivity contribution in [2.75, 3.05) is 19.8 Å². The molecule has 3 rings (SSSR count). The summed E-state index contributed by atoms with van der Waals surface area (Å²) in [5, 5.41) is 1.46. The Morgan fingerprint density at radius 3 is 2.67 bits per heavy atom. The van der Waals surface area contributed by atoms with Gasteiger partial charge in [0.25, 0.3) is 5.91 Å². The first-order valence-electron chi connectivity index (χ1n) is 7.11. The molecule has 2 aliphatic heterocycles. The normalized spacial score (nSPS) is 23.5. The van der Waals surface area contributed by atoms with E-state index in [1.165, 1.54) is 5.06 Å². The predicted octanol–water partition coefficient (Wildman–Crippen LogP) is 0.822. The second kappa shape index (κ2) is 5.83. The third-order valence-corrected chi connectivity index (χ3v) is 4.02. The maximum atomic E-state index is 12.6. The number of hydroxylamine groups is 2. The minimum absolute atomic E-state index is 0.0528. The van der Waals surface area contributed by atoms with Crippen LogP contribution in [0, 0.1) is 0 Å². The SMILES string of the molecule is NC(=O)c1ccccc1[C@@H]1CON(C2CCOCC2)C1=O. The number of amides is 2. The van der Waals surface area contributed by atoms with Crippen LogP contribution in [0.4, 0.5) is 0 Å². The molecular formula is C15H18N2O4. The van der Waals surface area contributed by atoms with Crippen LogP contribution in [0.2, 0.25) is 0 Å². The largest absolute Gasteiger partial charge is 0.381 e. The highest BCUT2D eigenvalue weighted by molar-refractivity contribution is 5.97. The lowest BCUT2D eigenvalue weighted by Gasteiger charge is -2.29. The highest BCUT2D eigenvalue weighted by Gasteiger charge is 2.40. The molecule has 0 aromatic heterocycles. The van der Waals surface area contributed by atoms with Gasteiger partial charge in [-0.3, -0.25) is 14.4 Å². The Bertz CT molecular complexity index is 554. The van der Waals surface area contributed by atoms with Crippen molar-refractivity contribution >= 4 is 11.8 Å². The van der Waals surface area contributed by atoms with Crippen LogP contribution in [0.1, 0.15) is 34.7 Å². The van der Waals surface area contributed by atoms with Crippen molar-refractivity contribution in [3.05, 3.63) is 35.4 Å². The van der Waals surface area contributed by atoms with E-state index in [1.54, 1.807) is 24.3 Å². The smallest absolute Gasteiger partial charge is 0.256 e. The van der Waals surface area contributed by atoms with Gasteiger partial charge >= 0.3 is 0 Å². The number of hydrogen-bond acceptors (Lipinski definition) is 4. The zero-order chi connectivity index (χ0) is 14.8. The van der Waals surface area contributed by atoms with Crippen molar-refractivity contribution in [3.63, 3.8) is 0 Å². The Balaban J connectivity index is 1.82. The van der Waals surface area contributed by atoms with E-state index in [0.717, 1.165) is 12.8 Å². The number of nitrogens with two attached hydrogens (primary N) is 1. The average molecular weight is 290 g/mol. The summed E-state index contributed by atoms with van der Waals surface area (Å²) < 4.78 is 5.30. The van der Waals surface area contributed by atoms with Gasteiger partial charge in [-0.2, -0.15) is 0 Å². The van der Waals surface area contributed by atoms with Gasteiger partial charge in [-0.25, -0.2) is 5.06 Å². The van der Waals surface area contributed by atoms with Crippen LogP contribution >= 0.6 is 0 Å². The Morgan fingerprint density at radius 2 is 1.95 bits per heavy atom.